The summed E-state index contributed by atoms with van der Waals surface area (Å²) in [7, 11) is -4.50. The third kappa shape index (κ3) is 5.00. The first-order chi connectivity index (χ1) is 21.3. The van der Waals surface area contributed by atoms with E-state index in [2.05, 4.69) is 0 Å². The molecule has 1 saturated carbocycles. The molecule has 1 N–H and O–H groups in total. The summed E-state index contributed by atoms with van der Waals surface area (Å²) in [6.45, 7) is 1.68. The number of aryl methyl sites for hydroxylation is 1. The Morgan fingerprint density at radius 1 is 0.935 bits per heavy atom. The molecule has 1 aliphatic heterocycles. The molecular formula is C31H31ClF7NO5S. The summed E-state index contributed by atoms with van der Waals surface area (Å²) in [6.07, 6.45) is -11.9. The molecule has 0 aromatic heterocycles. The van der Waals surface area contributed by atoms with Crippen LogP contribution in [0.15, 0.2) is 47.4 Å². The lowest BCUT2D eigenvalue weighted by Crippen LogP contribution is -2.54. The molecule has 252 valence electrons. The Kier molecular flexibility index (Phi) is 8.53. The van der Waals surface area contributed by atoms with Gasteiger partial charge in [0.05, 0.1) is 16.4 Å². The van der Waals surface area contributed by atoms with Crippen LogP contribution in [-0.2, 0) is 36.3 Å². The highest BCUT2D eigenvalue weighted by atomic mass is 35.5. The van der Waals surface area contributed by atoms with Gasteiger partial charge in [0.2, 0.25) is 5.91 Å². The fourth-order valence-corrected chi connectivity index (χ4v) is 10.2. The predicted octanol–water partition coefficient (Wildman–Crippen LogP) is 7.52. The number of halogens is 8. The molecule has 0 bridgehead atoms. The molecule has 2 aromatic rings. The second kappa shape index (κ2) is 11.4. The van der Waals surface area contributed by atoms with Gasteiger partial charge in [0, 0.05) is 23.0 Å². The Bertz CT molecular complexity index is 1620. The van der Waals surface area contributed by atoms with Crippen LogP contribution in [0.25, 0.3) is 0 Å². The molecule has 2 unspecified atom stereocenters. The zero-order valence-corrected chi connectivity index (χ0v) is 26.1. The van der Waals surface area contributed by atoms with Crippen molar-refractivity contribution in [3.05, 3.63) is 64.2 Å². The molecule has 3 aliphatic rings. The van der Waals surface area contributed by atoms with Gasteiger partial charge in [-0.25, -0.2) is 12.8 Å². The van der Waals surface area contributed by atoms with Crippen LogP contribution in [0.5, 0.6) is 0 Å². The molecule has 1 saturated heterocycles. The van der Waals surface area contributed by atoms with Gasteiger partial charge in [-0.3, -0.25) is 9.59 Å². The van der Waals surface area contributed by atoms with E-state index in [0.29, 0.717) is 18.6 Å². The first-order valence-electron chi connectivity index (χ1n) is 14.8. The summed E-state index contributed by atoms with van der Waals surface area (Å²) in [6, 6.07) is 5.63. The number of hydrogen-bond acceptors (Lipinski definition) is 4. The molecule has 0 radical (unpaired) electrons. The predicted molar refractivity (Wildman–Crippen MR) is 152 cm³/mol. The Balaban J connectivity index is 1.60. The smallest absolute Gasteiger partial charge is 0.435 e. The van der Waals surface area contributed by atoms with Gasteiger partial charge in [0.1, 0.15) is 4.75 Å². The molecule has 6 nitrogen and oxygen atoms in total. The highest BCUT2D eigenvalue weighted by Gasteiger charge is 2.74. The van der Waals surface area contributed by atoms with Crippen molar-refractivity contribution in [2.75, 3.05) is 6.54 Å². The normalized spacial score (nSPS) is 27.2. The molecule has 46 heavy (non-hydrogen) atoms. The van der Waals surface area contributed by atoms with Crippen molar-refractivity contribution in [3.63, 3.8) is 0 Å². The summed E-state index contributed by atoms with van der Waals surface area (Å²) < 4.78 is 124. The first kappa shape index (κ1) is 34.5. The Morgan fingerprint density at radius 3 is 2.04 bits per heavy atom. The average Bonchev–Trinajstić information content (AvgIpc) is 3.41. The zero-order chi connectivity index (χ0) is 34.1. The SMILES string of the molecule is CCC1(C(=O)O)CCC(C(=O)N2CCC3(S(=O)(=O)c4ccc(Cl)cc4)c4ccc(C(F)(C(F)(F)F)C(F)(F)F)cc4CCC23)CC1. The second-order valence-electron chi connectivity index (χ2n) is 12.4. The Hall–Kier alpha value is -2.87. The van der Waals surface area contributed by atoms with Gasteiger partial charge in [-0.15, -0.1) is 0 Å². The van der Waals surface area contributed by atoms with Crippen molar-refractivity contribution < 1.29 is 53.8 Å². The number of aliphatic carboxylic acids is 1. The number of carboxylic acids is 1. The summed E-state index contributed by atoms with van der Waals surface area (Å²) >= 11 is 5.97. The topological polar surface area (TPSA) is 91.8 Å². The van der Waals surface area contributed by atoms with Gasteiger partial charge < -0.3 is 10.0 Å². The number of carboxylic acid groups (broad SMARTS) is 1. The quantitative estimate of drug-likeness (QED) is 0.316. The van der Waals surface area contributed by atoms with Crippen molar-refractivity contribution in [3.8, 4) is 0 Å². The zero-order valence-electron chi connectivity index (χ0n) is 24.5. The van der Waals surface area contributed by atoms with Crippen LogP contribution in [0.2, 0.25) is 5.02 Å². The van der Waals surface area contributed by atoms with E-state index in [1.54, 1.807) is 6.92 Å². The minimum atomic E-state index is -6.35. The molecule has 2 fully saturated rings. The highest BCUT2D eigenvalue weighted by molar-refractivity contribution is 7.92. The largest absolute Gasteiger partial charge is 0.481 e. The van der Waals surface area contributed by atoms with Crippen LogP contribution in [0.4, 0.5) is 30.7 Å². The van der Waals surface area contributed by atoms with E-state index < -0.39 is 61.5 Å². The van der Waals surface area contributed by atoms with Crippen molar-refractivity contribution in [2.24, 2.45) is 11.3 Å². The maximum Gasteiger partial charge on any atom is 0.435 e. The molecule has 2 aromatic carbocycles. The van der Waals surface area contributed by atoms with E-state index in [1.807, 2.05) is 0 Å². The molecule has 2 atom stereocenters. The van der Waals surface area contributed by atoms with Crippen molar-refractivity contribution in [2.45, 2.75) is 92.0 Å². The lowest BCUT2D eigenvalue weighted by Gasteiger charge is -2.44. The van der Waals surface area contributed by atoms with Crippen LogP contribution in [0, 0.1) is 11.3 Å². The second-order valence-corrected chi connectivity index (χ2v) is 15.1. The Labute approximate surface area is 265 Å². The standard InChI is InChI=1S/C31H31ClF7NO5S/c1-2-27(26(42)43)13-11-18(12-14-27)25(41)40-16-15-28(46(44,45)22-7-5-21(32)6-8-22)23-9-4-20(17-19(23)3-10-24(28)40)29(33,30(34,35)36)31(37,38)39/h4-9,17-18,24H,2-3,10-16H2,1H3,(H,42,43). The molecule has 0 spiro atoms. The molecule has 1 heterocycles. The van der Waals surface area contributed by atoms with Crippen molar-refractivity contribution in [1.29, 1.82) is 0 Å². The van der Waals surface area contributed by atoms with E-state index in [-0.39, 0.29) is 78.4 Å². The van der Waals surface area contributed by atoms with E-state index in [0.717, 1.165) is 6.07 Å². The van der Waals surface area contributed by atoms with Gasteiger partial charge >= 0.3 is 24.0 Å². The molecule has 1 amide bonds. The third-order valence-corrected chi connectivity index (χ3v) is 13.2. The maximum atomic E-state index is 15.0. The van der Waals surface area contributed by atoms with Gasteiger partial charge in [0.15, 0.2) is 9.84 Å². The van der Waals surface area contributed by atoms with Gasteiger partial charge in [-0.05, 0) is 86.8 Å². The number of carbonyl (C=O) groups excluding carboxylic acids is 1. The molecule has 15 heteroatoms. The van der Waals surface area contributed by atoms with Gasteiger partial charge in [0.25, 0.3) is 0 Å². The van der Waals surface area contributed by atoms with Gasteiger partial charge in [-0.1, -0.05) is 36.7 Å². The summed E-state index contributed by atoms with van der Waals surface area (Å²) in [5.74, 6) is -1.93. The maximum absolute atomic E-state index is 15.0. The number of likely N-dealkylation sites (tertiary alicyclic amines) is 1. The minimum Gasteiger partial charge on any atom is -0.481 e. The number of carbonyl (C=O) groups is 2. The van der Waals surface area contributed by atoms with Crippen LogP contribution in [0.1, 0.15) is 68.6 Å². The monoisotopic (exact) mass is 697 g/mol. The lowest BCUT2D eigenvalue weighted by atomic mass is 9.68. The third-order valence-electron chi connectivity index (χ3n) is 10.4. The van der Waals surface area contributed by atoms with E-state index in [1.165, 1.54) is 29.2 Å². The molecule has 5 rings (SSSR count). The van der Waals surface area contributed by atoms with Crippen LogP contribution >= 0.6 is 11.6 Å². The highest BCUT2D eigenvalue weighted by Crippen LogP contribution is 2.57. The summed E-state index contributed by atoms with van der Waals surface area (Å²) in [5, 5.41) is 9.97. The number of alkyl halides is 7. The number of nitrogens with zero attached hydrogens (tertiary/aromatic N) is 1. The van der Waals surface area contributed by atoms with Crippen molar-refractivity contribution in [1.82, 2.24) is 4.90 Å². The van der Waals surface area contributed by atoms with E-state index in [9.17, 15) is 49.5 Å². The van der Waals surface area contributed by atoms with Crippen LogP contribution < -0.4 is 0 Å². The fraction of sp³-hybridized carbons (Fsp3) is 0.548. The number of fused-ring (bicyclic) bond motifs is 3. The first-order valence-corrected chi connectivity index (χ1v) is 16.6. The van der Waals surface area contributed by atoms with Crippen molar-refractivity contribution >= 4 is 33.3 Å². The fourth-order valence-electron chi connectivity index (χ4n) is 7.69. The van der Waals surface area contributed by atoms with Crippen LogP contribution in [-0.4, -0.2) is 55.2 Å². The number of benzene rings is 2. The molecule has 2 aliphatic carbocycles. The lowest BCUT2D eigenvalue weighted by molar-refractivity contribution is -0.348. The summed E-state index contributed by atoms with van der Waals surface area (Å²) in [5.41, 5.74) is -8.67. The number of sulfone groups is 1. The van der Waals surface area contributed by atoms with Gasteiger partial charge in [-0.2, -0.15) is 26.3 Å². The number of hydrogen-bond donors (Lipinski definition) is 1. The molecular weight excluding hydrogens is 667 g/mol. The van der Waals surface area contributed by atoms with Crippen LogP contribution in [0.3, 0.4) is 0 Å². The number of rotatable bonds is 6. The number of amides is 1. The minimum absolute atomic E-state index is 0.0794. The van der Waals surface area contributed by atoms with E-state index in [4.69, 9.17) is 11.6 Å². The summed E-state index contributed by atoms with van der Waals surface area (Å²) in [4.78, 5) is 27.1. The van der Waals surface area contributed by atoms with E-state index >= 15 is 4.39 Å². The Morgan fingerprint density at radius 2 is 1.52 bits per heavy atom. The average molecular weight is 698 g/mol.